The Hall–Kier alpha value is -0.0300. The van der Waals surface area contributed by atoms with Gasteiger partial charge in [0.25, 0.3) is 0 Å². The van der Waals surface area contributed by atoms with Crippen LogP contribution in [0.15, 0.2) is 39.0 Å². The molecule has 1 aromatic heterocycles. The molecule has 3 aromatic rings. The third kappa shape index (κ3) is 3.31. The van der Waals surface area contributed by atoms with E-state index < -0.39 is 0 Å². The molecule has 146 valence electrons. The molecule has 3 heterocycles. The molecule has 2 aliphatic rings. The Morgan fingerprint density at radius 3 is 2.14 bits per heavy atom. The van der Waals surface area contributed by atoms with E-state index >= 15 is 0 Å². The van der Waals surface area contributed by atoms with Gasteiger partial charge in [-0.15, -0.1) is 34.4 Å². The smallest absolute Gasteiger partial charge is 0.167 e. The van der Waals surface area contributed by atoms with Crippen molar-refractivity contribution >= 4 is 91.3 Å². The fourth-order valence-electron chi connectivity index (χ4n) is 3.15. The lowest BCUT2D eigenvalue weighted by Gasteiger charge is -2.31. The lowest BCUT2D eigenvalue weighted by atomic mass is 10.2. The summed E-state index contributed by atoms with van der Waals surface area (Å²) in [5.74, 6) is 3.00. The highest BCUT2D eigenvalue weighted by atomic mass is 32.3. The lowest BCUT2D eigenvalue weighted by Crippen LogP contribution is -2.11. The number of hydrogen-bond donors (Lipinski definition) is 0. The predicted molar refractivity (Wildman–Crippen MR) is 131 cm³/mol. The summed E-state index contributed by atoms with van der Waals surface area (Å²) >= 11 is 16.6. The average Bonchev–Trinajstić information content (AvgIpc) is 3.25. The summed E-state index contributed by atoms with van der Waals surface area (Å²) in [6.07, 6.45) is 0. The van der Waals surface area contributed by atoms with Crippen molar-refractivity contribution in [3.63, 3.8) is 0 Å². The van der Waals surface area contributed by atoms with Gasteiger partial charge in [0.2, 0.25) is 0 Å². The molecular weight excluding hydrogens is 485 g/mol. The number of hydrogen-bond acceptors (Lipinski definition) is 9. The molecule has 0 unspecified atom stereocenters. The van der Waals surface area contributed by atoms with Crippen LogP contribution in [0.1, 0.15) is 19.4 Å². The fraction of sp³-hybridized carbons (Fsp3) is 0.316. The van der Waals surface area contributed by atoms with Crippen LogP contribution < -0.4 is 9.47 Å². The zero-order valence-corrected chi connectivity index (χ0v) is 20.8. The van der Waals surface area contributed by atoms with Crippen molar-refractivity contribution in [2.75, 3.05) is 13.2 Å². The quantitative estimate of drug-likeness (QED) is 0.331. The molecule has 2 aromatic carbocycles. The second-order valence-corrected chi connectivity index (χ2v) is 15.7. The highest BCUT2D eigenvalue weighted by Gasteiger charge is 2.47. The molecule has 0 aliphatic carbocycles. The normalized spacial score (nSPS) is 16.9. The second-order valence-electron chi connectivity index (χ2n) is 6.00. The van der Waals surface area contributed by atoms with Crippen LogP contribution in [-0.4, -0.2) is 16.0 Å². The Kier molecular flexibility index (Phi) is 5.62. The number of ether oxygens (including phenoxy) is 2. The summed E-state index contributed by atoms with van der Waals surface area (Å²) in [6, 6.07) is 8.74. The minimum Gasteiger partial charge on any atom is -0.491 e. The molecule has 0 saturated heterocycles. The van der Waals surface area contributed by atoms with Gasteiger partial charge in [-0.1, -0.05) is 65.7 Å². The van der Waals surface area contributed by atoms with Gasteiger partial charge in [0.1, 0.15) is 3.14 Å². The van der Waals surface area contributed by atoms with Gasteiger partial charge in [-0.05, 0) is 25.5 Å². The summed E-state index contributed by atoms with van der Waals surface area (Å²) in [6.45, 7) is 5.38. The largest absolute Gasteiger partial charge is 0.491 e. The molecule has 28 heavy (non-hydrogen) atoms. The van der Waals surface area contributed by atoms with Crippen LogP contribution in [0.25, 0.3) is 9.40 Å². The van der Waals surface area contributed by atoms with Crippen molar-refractivity contribution in [1.82, 2.24) is 0 Å². The Bertz CT molecular complexity index is 1060. The summed E-state index contributed by atoms with van der Waals surface area (Å²) in [4.78, 5) is 3.81. The molecule has 9 heteroatoms. The number of rotatable bonds is 4. The fourth-order valence-corrected chi connectivity index (χ4v) is 12.9. The molecule has 1 spiro atoms. The molecule has 0 amide bonds. The summed E-state index contributed by atoms with van der Waals surface area (Å²) in [7, 11) is 0. The highest BCUT2D eigenvalue weighted by Crippen LogP contribution is 2.74. The van der Waals surface area contributed by atoms with E-state index in [1.165, 1.54) is 20.2 Å². The zero-order valence-electron chi connectivity index (χ0n) is 15.1. The lowest BCUT2D eigenvalue weighted by molar-refractivity contribution is 0.323. The summed E-state index contributed by atoms with van der Waals surface area (Å²) in [5, 5.41) is 0. The molecule has 0 bridgehead atoms. The molecule has 0 saturated carbocycles. The van der Waals surface area contributed by atoms with E-state index in [1.54, 1.807) is 22.7 Å². The predicted octanol–water partition coefficient (Wildman–Crippen LogP) is 8.34. The van der Waals surface area contributed by atoms with Gasteiger partial charge >= 0.3 is 0 Å². The van der Waals surface area contributed by atoms with E-state index in [2.05, 4.69) is 24.3 Å². The van der Waals surface area contributed by atoms with E-state index in [0.29, 0.717) is 13.2 Å². The molecular formula is C19H16O2S7. The Balaban J connectivity index is 1.66. The zero-order chi connectivity index (χ0) is 19.3. The SMILES string of the molecule is CCOc1c2c(c(OCC)c3sc(=S)sc13)SC1(SCc3ccccc3S1)S2. The maximum Gasteiger partial charge on any atom is 0.167 e. The average molecular weight is 501 g/mol. The first-order chi connectivity index (χ1) is 13.6. The van der Waals surface area contributed by atoms with Crippen LogP contribution in [0.2, 0.25) is 0 Å². The van der Waals surface area contributed by atoms with Crippen LogP contribution in [0.3, 0.4) is 0 Å². The van der Waals surface area contributed by atoms with Gasteiger partial charge in [0, 0.05) is 10.6 Å². The molecule has 0 atom stereocenters. The topological polar surface area (TPSA) is 18.5 Å². The van der Waals surface area contributed by atoms with Crippen LogP contribution in [0.5, 0.6) is 11.5 Å². The summed E-state index contributed by atoms with van der Waals surface area (Å²) in [5.41, 5.74) is 1.43. The monoisotopic (exact) mass is 500 g/mol. The summed E-state index contributed by atoms with van der Waals surface area (Å²) < 4.78 is 15.5. The maximum absolute atomic E-state index is 6.17. The second kappa shape index (κ2) is 7.90. The van der Waals surface area contributed by atoms with Gasteiger partial charge < -0.3 is 9.47 Å². The third-order valence-corrected chi connectivity index (χ3v) is 13.7. The Morgan fingerprint density at radius 2 is 1.54 bits per heavy atom. The van der Waals surface area contributed by atoms with Crippen molar-refractivity contribution in [2.45, 2.75) is 37.0 Å². The first-order valence-electron chi connectivity index (χ1n) is 8.82. The number of thioether (sulfide) groups is 4. The van der Waals surface area contributed by atoms with Gasteiger partial charge in [0.15, 0.2) is 14.2 Å². The van der Waals surface area contributed by atoms with Crippen LogP contribution in [0.4, 0.5) is 0 Å². The molecule has 2 nitrogen and oxygen atoms in total. The van der Waals surface area contributed by atoms with Gasteiger partial charge in [-0.3, -0.25) is 0 Å². The van der Waals surface area contributed by atoms with Gasteiger partial charge in [-0.25, -0.2) is 0 Å². The van der Waals surface area contributed by atoms with E-state index in [-0.39, 0.29) is 2.74 Å². The van der Waals surface area contributed by atoms with Crippen molar-refractivity contribution in [3.05, 3.63) is 33.0 Å². The molecule has 0 N–H and O–H groups in total. The Morgan fingerprint density at radius 1 is 0.929 bits per heavy atom. The molecule has 5 rings (SSSR count). The number of benzene rings is 2. The van der Waals surface area contributed by atoms with Crippen molar-refractivity contribution < 1.29 is 9.47 Å². The Labute approximate surface area is 194 Å². The maximum atomic E-state index is 6.17. The van der Waals surface area contributed by atoms with Crippen molar-refractivity contribution in [2.24, 2.45) is 0 Å². The van der Waals surface area contributed by atoms with Gasteiger partial charge in [0.05, 0.1) is 32.4 Å². The van der Waals surface area contributed by atoms with E-state index in [9.17, 15) is 0 Å². The van der Waals surface area contributed by atoms with Crippen molar-refractivity contribution in [3.8, 4) is 11.5 Å². The highest BCUT2D eigenvalue weighted by molar-refractivity contribution is 8.49. The van der Waals surface area contributed by atoms with Crippen LogP contribution in [0, 0.1) is 3.14 Å². The standard InChI is InChI=1S/C19H16O2S7/c1-3-20-12-14-15(25-18(22)24-14)13(21-4-2)17-16(12)27-19(28-17)23-9-10-7-5-6-8-11(10)26-19/h5-8H,3-4,9H2,1-2H3. The minimum absolute atomic E-state index is 0.0423. The van der Waals surface area contributed by atoms with E-state index in [0.717, 1.165) is 29.8 Å². The molecule has 2 aliphatic heterocycles. The first kappa shape index (κ1) is 19.9. The number of fused-ring (bicyclic) bond motifs is 3. The van der Waals surface area contributed by atoms with E-state index in [1.807, 2.05) is 60.9 Å². The third-order valence-electron chi connectivity index (χ3n) is 4.25. The first-order valence-corrected chi connectivity index (χ1v) is 14.3. The van der Waals surface area contributed by atoms with E-state index in [4.69, 9.17) is 21.7 Å². The minimum atomic E-state index is -0.0423. The van der Waals surface area contributed by atoms with Crippen LogP contribution >= 0.6 is 81.9 Å². The molecule has 0 fully saturated rings. The molecule has 0 radical (unpaired) electrons. The van der Waals surface area contributed by atoms with Gasteiger partial charge in [-0.2, -0.15) is 0 Å². The van der Waals surface area contributed by atoms with Crippen molar-refractivity contribution in [1.29, 1.82) is 0 Å². The van der Waals surface area contributed by atoms with Crippen LogP contribution in [-0.2, 0) is 5.75 Å².